The van der Waals surface area contributed by atoms with Crippen LogP contribution < -0.4 is 10.2 Å². The first-order valence-electron chi connectivity index (χ1n) is 6.67. The molecule has 1 amide bonds. The van der Waals surface area contributed by atoms with Gasteiger partial charge in [0.15, 0.2) is 0 Å². The van der Waals surface area contributed by atoms with Gasteiger partial charge < -0.3 is 10.2 Å². The van der Waals surface area contributed by atoms with Crippen molar-refractivity contribution < 1.29 is 4.79 Å². The number of carbonyl (C=O) groups is 1. The average molecular weight is 268 g/mol. The molecular weight excluding hydrogens is 248 g/mol. The lowest BCUT2D eigenvalue weighted by molar-refractivity contribution is 0.0951. The summed E-state index contributed by atoms with van der Waals surface area (Å²) in [6.07, 6.45) is 0. The Morgan fingerprint density at radius 1 is 1.10 bits per heavy atom. The van der Waals surface area contributed by atoms with Crippen molar-refractivity contribution in [3.05, 3.63) is 65.2 Å². The molecule has 0 aliphatic carbocycles. The van der Waals surface area contributed by atoms with Crippen molar-refractivity contribution >= 4 is 11.6 Å². The fourth-order valence-corrected chi connectivity index (χ4v) is 2.02. The van der Waals surface area contributed by atoms with Crippen molar-refractivity contribution in [1.29, 1.82) is 0 Å². The molecule has 0 atom stereocenters. The van der Waals surface area contributed by atoms with Gasteiger partial charge >= 0.3 is 0 Å². The van der Waals surface area contributed by atoms with Crippen LogP contribution >= 0.6 is 0 Å². The molecular formula is C17H20N2O. The first kappa shape index (κ1) is 14.1. The van der Waals surface area contributed by atoms with Crippen LogP contribution in [0.3, 0.4) is 0 Å². The van der Waals surface area contributed by atoms with E-state index in [2.05, 4.69) is 11.4 Å². The SMILES string of the molecule is Cc1cccc(C(=O)NCc2cccc(N(C)C)c2)c1. The molecule has 0 saturated heterocycles. The van der Waals surface area contributed by atoms with E-state index in [-0.39, 0.29) is 5.91 Å². The van der Waals surface area contributed by atoms with E-state index in [9.17, 15) is 4.79 Å². The summed E-state index contributed by atoms with van der Waals surface area (Å²) in [5.41, 5.74) is 4.02. The number of carbonyl (C=O) groups excluding carboxylic acids is 1. The normalized spacial score (nSPS) is 10.2. The molecule has 2 aromatic rings. The van der Waals surface area contributed by atoms with Gasteiger partial charge in [0.05, 0.1) is 0 Å². The van der Waals surface area contributed by atoms with Gasteiger partial charge in [0.2, 0.25) is 0 Å². The molecule has 0 spiro atoms. The molecule has 0 saturated carbocycles. The second kappa shape index (κ2) is 6.24. The molecule has 3 heteroatoms. The van der Waals surface area contributed by atoms with Gasteiger partial charge in [-0.3, -0.25) is 4.79 Å². The molecule has 0 heterocycles. The average Bonchev–Trinajstić information content (AvgIpc) is 2.45. The highest BCUT2D eigenvalue weighted by Crippen LogP contribution is 2.13. The predicted octanol–water partition coefficient (Wildman–Crippen LogP) is 2.99. The fourth-order valence-electron chi connectivity index (χ4n) is 2.02. The van der Waals surface area contributed by atoms with Crippen LogP contribution in [-0.4, -0.2) is 20.0 Å². The van der Waals surface area contributed by atoms with E-state index < -0.39 is 0 Å². The lowest BCUT2D eigenvalue weighted by Gasteiger charge is -2.14. The Morgan fingerprint density at radius 2 is 1.85 bits per heavy atom. The van der Waals surface area contributed by atoms with E-state index in [0.717, 1.165) is 16.8 Å². The topological polar surface area (TPSA) is 32.3 Å². The molecule has 0 bridgehead atoms. The van der Waals surface area contributed by atoms with Crippen LogP contribution in [0.5, 0.6) is 0 Å². The van der Waals surface area contributed by atoms with E-state index in [1.165, 1.54) is 0 Å². The molecule has 104 valence electrons. The van der Waals surface area contributed by atoms with Crippen LogP contribution in [0.2, 0.25) is 0 Å². The third-order valence-electron chi connectivity index (χ3n) is 3.16. The highest BCUT2D eigenvalue weighted by atomic mass is 16.1. The lowest BCUT2D eigenvalue weighted by atomic mass is 10.1. The molecule has 2 aromatic carbocycles. The molecule has 0 aliphatic rings. The standard InChI is InChI=1S/C17H20N2O/c1-13-6-4-8-15(10-13)17(20)18-12-14-7-5-9-16(11-14)19(2)3/h4-11H,12H2,1-3H3,(H,18,20). The first-order chi connectivity index (χ1) is 9.56. The molecule has 1 N–H and O–H groups in total. The van der Waals surface area contributed by atoms with Crippen molar-refractivity contribution in [1.82, 2.24) is 5.32 Å². The zero-order valence-corrected chi connectivity index (χ0v) is 12.2. The summed E-state index contributed by atoms with van der Waals surface area (Å²) in [5, 5.41) is 2.95. The van der Waals surface area contributed by atoms with Gasteiger partial charge in [-0.2, -0.15) is 0 Å². The number of rotatable bonds is 4. The molecule has 2 rings (SSSR count). The molecule has 0 unspecified atom stereocenters. The van der Waals surface area contributed by atoms with Crippen LogP contribution in [0.1, 0.15) is 21.5 Å². The minimum absolute atomic E-state index is 0.0380. The van der Waals surface area contributed by atoms with E-state index >= 15 is 0 Å². The maximum atomic E-state index is 12.1. The van der Waals surface area contributed by atoms with Gasteiger partial charge in [0.1, 0.15) is 0 Å². The molecule has 20 heavy (non-hydrogen) atoms. The summed E-state index contributed by atoms with van der Waals surface area (Å²) >= 11 is 0. The Kier molecular flexibility index (Phi) is 4.41. The smallest absolute Gasteiger partial charge is 0.251 e. The number of nitrogens with one attached hydrogen (secondary N) is 1. The van der Waals surface area contributed by atoms with Gasteiger partial charge in [0.25, 0.3) is 5.91 Å². The molecule has 0 aromatic heterocycles. The highest BCUT2D eigenvalue weighted by Gasteiger charge is 2.05. The third kappa shape index (κ3) is 3.60. The molecule has 3 nitrogen and oxygen atoms in total. The van der Waals surface area contributed by atoms with Gasteiger partial charge in [-0.1, -0.05) is 29.8 Å². The van der Waals surface area contributed by atoms with Crippen molar-refractivity contribution in [2.45, 2.75) is 13.5 Å². The second-order valence-electron chi connectivity index (χ2n) is 5.12. The number of hydrogen-bond donors (Lipinski definition) is 1. The Balaban J connectivity index is 2.02. The van der Waals surface area contributed by atoms with Gasteiger partial charge in [-0.05, 0) is 36.8 Å². The van der Waals surface area contributed by atoms with E-state index in [4.69, 9.17) is 0 Å². The Morgan fingerprint density at radius 3 is 2.55 bits per heavy atom. The Bertz CT molecular complexity index is 605. The van der Waals surface area contributed by atoms with Crippen molar-refractivity contribution in [2.75, 3.05) is 19.0 Å². The minimum atomic E-state index is -0.0380. The Hall–Kier alpha value is -2.29. The fraction of sp³-hybridized carbons (Fsp3) is 0.235. The van der Waals surface area contributed by atoms with E-state index in [1.54, 1.807) is 0 Å². The van der Waals surface area contributed by atoms with Crippen molar-refractivity contribution in [3.8, 4) is 0 Å². The maximum absolute atomic E-state index is 12.1. The summed E-state index contributed by atoms with van der Waals surface area (Å²) in [7, 11) is 4.01. The number of anilines is 1. The second-order valence-corrected chi connectivity index (χ2v) is 5.12. The zero-order valence-electron chi connectivity index (χ0n) is 12.2. The van der Waals surface area contributed by atoms with Gasteiger partial charge in [-0.15, -0.1) is 0 Å². The number of benzene rings is 2. The first-order valence-corrected chi connectivity index (χ1v) is 6.67. The lowest BCUT2D eigenvalue weighted by Crippen LogP contribution is -2.23. The van der Waals surface area contributed by atoms with Crippen LogP contribution in [0, 0.1) is 6.92 Å². The van der Waals surface area contributed by atoms with Crippen molar-refractivity contribution in [3.63, 3.8) is 0 Å². The van der Waals surface area contributed by atoms with Crippen LogP contribution in [-0.2, 0) is 6.54 Å². The zero-order chi connectivity index (χ0) is 14.5. The van der Waals surface area contributed by atoms with Crippen molar-refractivity contribution in [2.24, 2.45) is 0 Å². The number of nitrogens with zero attached hydrogens (tertiary/aromatic N) is 1. The van der Waals surface area contributed by atoms with Gasteiger partial charge in [0, 0.05) is 31.9 Å². The highest BCUT2D eigenvalue weighted by molar-refractivity contribution is 5.94. The number of aryl methyl sites for hydroxylation is 1. The number of amides is 1. The molecule has 0 aliphatic heterocycles. The van der Waals surface area contributed by atoms with E-state index in [1.807, 2.05) is 68.4 Å². The molecule has 0 fully saturated rings. The summed E-state index contributed by atoms with van der Waals surface area (Å²) < 4.78 is 0. The molecule has 0 radical (unpaired) electrons. The third-order valence-corrected chi connectivity index (χ3v) is 3.16. The predicted molar refractivity (Wildman–Crippen MR) is 83.1 cm³/mol. The quantitative estimate of drug-likeness (QED) is 0.924. The summed E-state index contributed by atoms with van der Waals surface area (Å²) in [6.45, 7) is 2.52. The minimum Gasteiger partial charge on any atom is -0.378 e. The monoisotopic (exact) mass is 268 g/mol. The van der Waals surface area contributed by atoms with Crippen LogP contribution in [0.25, 0.3) is 0 Å². The maximum Gasteiger partial charge on any atom is 0.251 e. The van der Waals surface area contributed by atoms with E-state index in [0.29, 0.717) is 12.1 Å². The summed E-state index contributed by atoms with van der Waals surface area (Å²) in [5.74, 6) is -0.0380. The van der Waals surface area contributed by atoms with Gasteiger partial charge in [-0.25, -0.2) is 0 Å². The largest absolute Gasteiger partial charge is 0.378 e. The van der Waals surface area contributed by atoms with Crippen LogP contribution in [0.15, 0.2) is 48.5 Å². The summed E-state index contributed by atoms with van der Waals surface area (Å²) in [4.78, 5) is 14.1. The number of hydrogen-bond acceptors (Lipinski definition) is 2. The summed E-state index contributed by atoms with van der Waals surface area (Å²) in [6, 6.07) is 15.8. The van der Waals surface area contributed by atoms with Crippen LogP contribution in [0.4, 0.5) is 5.69 Å². The Labute approximate surface area is 120 Å².